The van der Waals surface area contributed by atoms with E-state index in [1.54, 1.807) is 0 Å². The number of nitrogens with zero attached hydrogens (tertiary/aromatic N) is 3. The van der Waals surface area contributed by atoms with Crippen LogP contribution in [0.25, 0.3) is 0 Å². The zero-order valence-electron chi connectivity index (χ0n) is 17.4. The summed E-state index contributed by atoms with van der Waals surface area (Å²) in [5.41, 5.74) is 2.91. The van der Waals surface area contributed by atoms with Gasteiger partial charge < -0.3 is 4.74 Å². The molecule has 3 fully saturated rings. The first-order valence-electron chi connectivity index (χ1n) is 11.4. The van der Waals surface area contributed by atoms with Crippen LogP contribution in [0.5, 0.6) is 0 Å². The van der Waals surface area contributed by atoms with Crippen LogP contribution >= 0.6 is 0 Å². The molecule has 1 aromatic carbocycles. The number of rotatable bonds is 4. The molecule has 1 saturated carbocycles. The highest BCUT2D eigenvalue weighted by Gasteiger charge is 2.51. The van der Waals surface area contributed by atoms with E-state index in [4.69, 9.17) is 4.74 Å². The van der Waals surface area contributed by atoms with Crippen molar-refractivity contribution in [3.05, 3.63) is 66.0 Å². The lowest BCUT2D eigenvalue weighted by Gasteiger charge is -2.54. The van der Waals surface area contributed by atoms with Crippen LogP contribution in [0, 0.1) is 0 Å². The van der Waals surface area contributed by atoms with Gasteiger partial charge in [-0.25, -0.2) is 0 Å². The van der Waals surface area contributed by atoms with Gasteiger partial charge in [-0.1, -0.05) is 49.2 Å². The molecule has 2 aliphatic heterocycles. The smallest absolute Gasteiger partial charge is 0.0703 e. The maximum Gasteiger partial charge on any atom is 0.0703 e. The Hall–Kier alpha value is -1.75. The molecule has 0 bridgehead atoms. The minimum atomic E-state index is 0.110. The van der Waals surface area contributed by atoms with E-state index in [0.717, 1.165) is 52.2 Å². The largest absolute Gasteiger partial charge is 0.375 e. The predicted octanol–water partition coefficient (Wildman–Crippen LogP) is 4.22. The second-order valence-electron chi connectivity index (χ2n) is 9.15. The topological polar surface area (TPSA) is 28.6 Å². The molecule has 1 aliphatic carbocycles. The van der Waals surface area contributed by atoms with E-state index in [1.165, 1.54) is 36.9 Å². The zero-order valence-corrected chi connectivity index (χ0v) is 17.4. The molecular formula is C25H33N3O. The standard InChI is InChI=1S/C25H33N3O/c1-2-8-22(9-3-1)25(13-19-29-24(21-25)11-5-6-12-24)28-17-15-27(16-18-28)20-23-10-4-7-14-26-23/h1-4,7-10,14H,5-6,11-13,15-21H2. The SMILES string of the molecule is c1ccc(C2(N3CCN(Cc4ccccn4)CC3)CCOC3(CCCC3)C2)cc1. The van der Waals surface area contributed by atoms with Gasteiger partial charge >= 0.3 is 0 Å². The van der Waals surface area contributed by atoms with Crippen molar-refractivity contribution in [1.82, 2.24) is 14.8 Å². The van der Waals surface area contributed by atoms with Crippen molar-refractivity contribution in [2.45, 2.75) is 56.2 Å². The average Bonchev–Trinajstić information content (AvgIpc) is 3.23. The first kappa shape index (κ1) is 19.2. The molecule has 5 rings (SSSR count). The number of hydrogen-bond donors (Lipinski definition) is 0. The molecule has 1 atom stereocenters. The van der Waals surface area contributed by atoms with E-state index in [2.05, 4.69) is 57.2 Å². The quantitative estimate of drug-likeness (QED) is 0.780. The lowest BCUT2D eigenvalue weighted by Crippen LogP contribution is -2.60. The number of hydrogen-bond acceptors (Lipinski definition) is 4. The molecule has 2 saturated heterocycles. The van der Waals surface area contributed by atoms with Crippen LogP contribution in [0.15, 0.2) is 54.7 Å². The van der Waals surface area contributed by atoms with Crippen LogP contribution in [-0.4, -0.2) is 53.2 Å². The molecule has 29 heavy (non-hydrogen) atoms. The molecule has 0 amide bonds. The Balaban J connectivity index is 1.35. The van der Waals surface area contributed by atoms with Crippen LogP contribution in [0.1, 0.15) is 49.8 Å². The van der Waals surface area contributed by atoms with Crippen LogP contribution in [-0.2, 0) is 16.8 Å². The van der Waals surface area contributed by atoms with Crippen LogP contribution in [0.4, 0.5) is 0 Å². The highest BCUT2D eigenvalue weighted by Crippen LogP contribution is 2.50. The van der Waals surface area contributed by atoms with Gasteiger partial charge in [0.25, 0.3) is 0 Å². The van der Waals surface area contributed by atoms with Crippen LogP contribution in [0.3, 0.4) is 0 Å². The summed E-state index contributed by atoms with van der Waals surface area (Å²) in [5.74, 6) is 0. The van der Waals surface area contributed by atoms with Gasteiger partial charge in [0.1, 0.15) is 0 Å². The second-order valence-corrected chi connectivity index (χ2v) is 9.15. The summed E-state index contributed by atoms with van der Waals surface area (Å²) in [6, 6.07) is 17.5. The average molecular weight is 392 g/mol. The zero-order chi connectivity index (χ0) is 19.6. The van der Waals surface area contributed by atoms with Crippen molar-refractivity contribution in [1.29, 1.82) is 0 Å². The molecule has 1 unspecified atom stereocenters. The molecule has 2 aromatic rings. The Kier molecular flexibility index (Phi) is 5.42. The van der Waals surface area contributed by atoms with Crippen molar-refractivity contribution in [2.24, 2.45) is 0 Å². The van der Waals surface area contributed by atoms with Gasteiger partial charge in [-0.3, -0.25) is 14.8 Å². The van der Waals surface area contributed by atoms with Gasteiger partial charge in [0.15, 0.2) is 0 Å². The van der Waals surface area contributed by atoms with E-state index in [0.29, 0.717) is 0 Å². The summed E-state index contributed by atoms with van der Waals surface area (Å²) >= 11 is 0. The molecule has 3 heterocycles. The summed E-state index contributed by atoms with van der Waals surface area (Å²) in [6.45, 7) is 6.32. The van der Waals surface area contributed by atoms with Crippen molar-refractivity contribution < 1.29 is 4.74 Å². The van der Waals surface area contributed by atoms with E-state index < -0.39 is 0 Å². The van der Waals surface area contributed by atoms with E-state index in [-0.39, 0.29) is 11.1 Å². The van der Waals surface area contributed by atoms with Crippen LogP contribution < -0.4 is 0 Å². The van der Waals surface area contributed by atoms with Gasteiger partial charge in [0.05, 0.1) is 16.8 Å². The fourth-order valence-electron chi connectivity index (χ4n) is 5.95. The summed E-state index contributed by atoms with van der Waals surface area (Å²) in [6.07, 6.45) is 9.29. The van der Waals surface area contributed by atoms with Crippen molar-refractivity contribution >= 4 is 0 Å². The summed E-state index contributed by atoms with van der Waals surface area (Å²) < 4.78 is 6.45. The van der Waals surface area contributed by atoms with E-state index in [9.17, 15) is 0 Å². The molecule has 1 aromatic heterocycles. The molecule has 154 valence electrons. The Morgan fingerprint density at radius 1 is 0.862 bits per heavy atom. The maximum absolute atomic E-state index is 6.45. The second kappa shape index (κ2) is 8.17. The number of pyridine rings is 1. The molecule has 3 aliphatic rings. The highest BCUT2D eigenvalue weighted by molar-refractivity contribution is 5.27. The molecule has 4 heteroatoms. The predicted molar refractivity (Wildman–Crippen MR) is 116 cm³/mol. The molecule has 0 N–H and O–H groups in total. The van der Waals surface area contributed by atoms with E-state index in [1.807, 2.05) is 12.3 Å². The Morgan fingerprint density at radius 3 is 2.34 bits per heavy atom. The fraction of sp³-hybridized carbons (Fsp3) is 0.560. The van der Waals surface area contributed by atoms with Gasteiger partial charge in [0.2, 0.25) is 0 Å². The summed E-state index contributed by atoms with van der Waals surface area (Å²) in [5, 5.41) is 0. The third kappa shape index (κ3) is 3.86. The molecule has 1 spiro atoms. The van der Waals surface area contributed by atoms with Crippen LogP contribution in [0.2, 0.25) is 0 Å². The minimum absolute atomic E-state index is 0.110. The first-order valence-corrected chi connectivity index (χ1v) is 11.4. The third-order valence-electron chi connectivity index (χ3n) is 7.45. The van der Waals surface area contributed by atoms with Crippen molar-refractivity contribution in [3.63, 3.8) is 0 Å². The number of benzene rings is 1. The van der Waals surface area contributed by atoms with E-state index >= 15 is 0 Å². The number of ether oxygens (including phenoxy) is 1. The first-order chi connectivity index (χ1) is 14.3. The fourth-order valence-corrected chi connectivity index (χ4v) is 5.95. The summed E-state index contributed by atoms with van der Waals surface area (Å²) in [4.78, 5) is 9.87. The minimum Gasteiger partial charge on any atom is -0.375 e. The highest BCUT2D eigenvalue weighted by atomic mass is 16.5. The Bertz CT molecular complexity index is 782. The van der Waals surface area contributed by atoms with Crippen molar-refractivity contribution in [2.75, 3.05) is 32.8 Å². The lowest BCUT2D eigenvalue weighted by atomic mass is 9.73. The monoisotopic (exact) mass is 391 g/mol. The number of aromatic nitrogens is 1. The molecule has 4 nitrogen and oxygen atoms in total. The Labute approximate surface area is 174 Å². The van der Waals surface area contributed by atoms with Gasteiger partial charge in [-0.2, -0.15) is 0 Å². The lowest BCUT2D eigenvalue weighted by molar-refractivity contribution is -0.145. The molecule has 0 radical (unpaired) electrons. The van der Waals surface area contributed by atoms with Crippen molar-refractivity contribution in [3.8, 4) is 0 Å². The third-order valence-corrected chi connectivity index (χ3v) is 7.45. The van der Waals surface area contributed by atoms with Gasteiger partial charge in [-0.05, 0) is 43.4 Å². The maximum atomic E-state index is 6.45. The Morgan fingerprint density at radius 2 is 1.62 bits per heavy atom. The van der Waals surface area contributed by atoms with Gasteiger partial charge in [-0.15, -0.1) is 0 Å². The molecular weight excluding hydrogens is 358 g/mol. The summed E-state index contributed by atoms with van der Waals surface area (Å²) in [7, 11) is 0. The van der Waals surface area contributed by atoms with Gasteiger partial charge in [0, 0.05) is 45.5 Å². The number of piperazine rings is 1. The normalized spacial score (nSPS) is 28.0.